The van der Waals surface area contributed by atoms with Crippen LogP contribution in [-0.2, 0) is 99.6 Å². The van der Waals surface area contributed by atoms with Gasteiger partial charge in [0.2, 0.25) is 0 Å². The minimum absolute atomic E-state index is 0. The molecule has 16 rings (SSSR count). The van der Waals surface area contributed by atoms with E-state index in [1.54, 1.807) is 18.3 Å². The molecule has 590 valence electrons. The van der Waals surface area contributed by atoms with Crippen LogP contribution in [0.1, 0.15) is 61.8 Å². The fraction of sp³-hybridized carbons (Fsp3) is 0.129. The summed E-state index contributed by atoms with van der Waals surface area (Å²) in [5.41, 5.74) is 8.59. The molecular formula is C93H81Ir4N5O10S2-4. The number of rotatable bonds is 10. The summed E-state index contributed by atoms with van der Waals surface area (Å²) in [5.74, 6) is -0.150. The molecule has 0 fully saturated rings. The summed E-state index contributed by atoms with van der Waals surface area (Å²) in [7, 11) is 3.89. The summed E-state index contributed by atoms with van der Waals surface area (Å²) in [6.07, 6.45) is 7.10. The van der Waals surface area contributed by atoms with E-state index in [2.05, 4.69) is 191 Å². The number of allylic oxidation sites excluding steroid dienone is 6. The molecule has 114 heavy (non-hydrogen) atoms. The van der Waals surface area contributed by atoms with E-state index in [4.69, 9.17) is 29.8 Å². The normalized spacial score (nSPS) is 10.9. The first-order chi connectivity index (χ1) is 52.9. The van der Waals surface area contributed by atoms with Crippen molar-refractivity contribution in [1.82, 2.24) is 19.9 Å². The molecule has 15 nitrogen and oxygen atoms in total. The number of hydrogen-bond acceptors (Lipinski definition) is 17. The molecule has 0 spiro atoms. The van der Waals surface area contributed by atoms with Gasteiger partial charge in [-0.3, -0.25) is 33.9 Å². The maximum Gasteiger partial charge on any atom is 0.269 e. The number of thiazole rings is 2. The first-order valence-corrected chi connectivity index (χ1v) is 36.6. The second-order valence-electron chi connectivity index (χ2n) is 25.5. The number of anilines is 1. The smallest absolute Gasteiger partial charge is 0.269 e. The number of carbonyl (C=O) groups excluding carboxylic acids is 4. The van der Waals surface area contributed by atoms with E-state index >= 15 is 0 Å². The Kier molecular flexibility index (Phi) is 38.7. The van der Waals surface area contributed by atoms with Crippen molar-refractivity contribution in [3.63, 3.8) is 0 Å². The van der Waals surface area contributed by atoms with Gasteiger partial charge < -0.3 is 39.7 Å². The third kappa shape index (κ3) is 28.0. The van der Waals surface area contributed by atoms with E-state index in [1.807, 2.05) is 116 Å². The van der Waals surface area contributed by atoms with Crippen LogP contribution in [-0.4, -0.2) is 83.7 Å². The number of benzene rings is 11. The number of fused-ring (bicyclic) bond motifs is 8. The van der Waals surface area contributed by atoms with E-state index < -0.39 is 11.7 Å². The van der Waals surface area contributed by atoms with Crippen LogP contribution in [0.4, 0.5) is 5.69 Å². The van der Waals surface area contributed by atoms with Crippen LogP contribution in [0, 0.1) is 24.3 Å². The molecule has 21 heteroatoms. The van der Waals surface area contributed by atoms with Crippen LogP contribution < -0.4 is 10.5 Å². The van der Waals surface area contributed by atoms with Gasteiger partial charge in [-0.25, -0.2) is 0 Å². The Bertz CT molecular complexity index is 5780. The predicted octanol–water partition coefficient (Wildman–Crippen LogP) is 22.0. The summed E-state index contributed by atoms with van der Waals surface area (Å²) in [6, 6.07) is 93.1. The molecule has 4 radical (unpaired) electrons. The largest absolute Gasteiger partial charge is 0.512 e. The van der Waals surface area contributed by atoms with Crippen molar-refractivity contribution in [3.8, 4) is 43.7 Å². The fourth-order valence-electron chi connectivity index (χ4n) is 11.2. The van der Waals surface area contributed by atoms with Gasteiger partial charge >= 0.3 is 0 Å². The number of Topliss-reactive ketones (excluding diaryl/α,β-unsaturated/α-hetero) is 1. The number of para-hydroxylation sites is 2. The Morgan fingerprint density at radius 1 is 0.482 bits per heavy atom. The fourth-order valence-corrected chi connectivity index (χ4v) is 13.2. The van der Waals surface area contributed by atoms with E-state index in [9.17, 15) is 24.0 Å². The zero-order valence-corrected chi connectivity index (χ0v) is 75.0. The van der Waals surface area contributed by atoms with Crippen LogP contribution in [0.5, 0.6) is 0 Å². The average molecular weight is 2260 g/mol. The van der Waals surface area contributed by atoms with Crippen molar-refractivity contribution in [2.24, 2.45) is 0 Å². The summed E-state index contributed by atoms with van der Waals surface area (Å²) in [6.45, 7) is 11.6. The quantitative estimate of drug-likeness (QED) is 0.0431. The molecule has 0 aliphatic rings. The molecule has 1 atom stereocenters. The number of aliphatic hydroxyl groups excluding tert-OH is 4. The third-order valence-corrected chi connectivity index (χ3v) is 18.0. The second-order valence-corrected chi connectivity index (χ2v) is 27.6. The Morgan fingerprint density at radius 3 is 1.39 bits per heavy atom. The monoisotopic (exact) mass is 2260 g/mol. The molecule has 0 amide bonds. The molecule has 5 aromatic heterocycles. The van der Waals surface area contributed by atoms with Crippen molar-refractivity contribution < 1.29 is 124 Å². The maximum atomic E-state index is 12.3. The number of nitrogens with zero attached hydrogens (tertiary/aromatic N) is 5. The minimum Gasteiger partial charge on any atom is -0.512 e. The number of ketones is 4. The number of carbonyl (C=O) groups is 4. The molecule has 4 N–H and O–H groups in total. The van der Waals surface area contributed by atoms with Gasteiger partial charge in [0.1, 0.15) is 5.78 Å². The van der Waals surface area contributed by atoms with Gasteiger partial charge in [-0.05, 0) is 130 Å². The van der Waals surface area contributed by atoms with Crippen molar-refractivity contribution in [2.45, 2.75) is 67.9 Å². The van der Waals surface area contributed by atoms with Gasteiger partial charge in [0.25, 0.3) is 5.63 Å². The maximum absolute atomic E-state index is 12.3. The first kappa shape index (κ1) is 94.3. The molecule has 5 heterocycles. The van der Waals surface area contributed by atoms with E-state index in [-0.39, 0.29) is 127 Å². The molecule has 16 aromatic rings. The van der Waals surface area contributed by atoms with Crippen LogP contribution in [0.15, 0.2) is 294 Å². The van der Waals surface area contributed by atoms with Crippen molar-refractivity contribution in [1.29, 1.82) is 0 Å². The van der Waals surface area contributed by atoms with Crippen LogP contribution in [0.3, 0.4) is 0 Å². The third-order valence-electron chi connectivity index (χ3n) is 15.9. The van der Waals surface area contributed by atoms with Gasteiger partial charge in [0.05, 0.1) is 45.0 Å². The van der Waals surface area contributed by atoms with Gasteiger partial charge in [-0.2, -0.15) is 22.7 Å². The predicted molar refractivity (Wildman–Crippen MR) is 451 cm³/mol. The second kappa shape index (κ2) is 46.7. The molecule has 11 aromatic carbocycles. The summed E-state index contributed by atoms with van der Waals surface area (Å²) in [4.78, 5) is 72.8. The Hall–Kier alpha value is -10.3. The van der Waals surface area contributed by atoms with Gasteiger partial charge in [0, 0.05) is 152 Å². The average Bonchev–Trinajstić information content (AvgIpc) is 1.41. The zero-order chi connectivity index (χ0) is 78.8. The van der Waals surface area contributed by atoms with E-state index in [0.29, 0.717) is 16.2 Å². The SMILES string of the molecule is CC(=O)C=C(C)O.CC(=O)C=C(C)O.CC(=O)C=C(C)O.CC(=O)CC(C)O.CN(C)c1ccc2[c-]c(-c3nc4ccccc4s3)c(=O)oc2c1.[Ir].[Ir].[Ir].[Ir].[c-]1cc2ccccc2cc1-c1nccc2ccccc12.[c-]1ccc2ccccc2c1-c1cc2ccccc2cn1.[c-]1ccc2ccccc2c1-c1nc2ccccc2s1. The first-order valence-electron chi connectivity index (χ1n) is 35.0. The summed E-state index contributed by atoms with van der Waals surface area (Å²) >= 11 is 3.19. The topological polar surface area (TPSA) is 234 Å². The van der Waals surface area contributed by atoms with Gasteiger partial charge in [-0.1, -0.05) is 179 Å². The number of aliphatic hydroxyl groups is 4. The number of pyridine rings is 2. The molecule has 0 saturated heterocycles. The molecule has 1 unspecified atom stereocenters. The zero-order valence-electron chi connectivity index (χ0n) is 63.8. The van der Waals surface area contributed by atoms with Gasteiger partial charge in [-0.15, -0.1) is 99.6 Å². The Balaban J connectivity index is 0.000000242. The van der Waals surface area contributed by atoms with Crippen LogP contribution in [0.2, 0.25) is 0 Å². The van der Waals surface area contributed by atoms with E-state index in [0.717, 1.165) is 65.3 Å². The van der Waals surface area contributed by atoms with Crippen LogP contribution in [0.25, 0.3) is 129 Å². The molecule has 0 saturated carbocycles. The van der Waals surface area contributed by atoms with Crippen LogP contribution >= 0.6 is 22.7 Å². The van der Waals surface area contributed by atoms with Gasteiger partial charge in [0.15, 0.2) is 17.3 Å². The number of hydrogen-bond donors (Lipinski definition) is 4. The standard InChI is InChI=1S/2C19H12N.C18H13N2O2S.C17H10NS.C5H10O2.3C5H8O2.4Ir/c1-2-8-16-13-20-19(12-15(16)7-1)18-11-5-9-14-6-3-4-10-17(14)18;1-2-7-16-13-17(10-9-14(16)5-1)19-18-8-4-3-6-15(18)11-12-20-19;1-20(2)12-8-7-11-9-13(18(21)22-15(11)10-12)17-19-14-5-3-4-6-16(14)23-17;1-2-8-13-12(6-1)7-5-9-14(13)17-18-15-10-3-4-11-16(15)19-17;4*1-4(6)3-5(2)7;;;;/h1-10,12-13H;1-9,11-13H;3-8,10H,1-2H3;1-8,10-11H;4,6H,3H2,1-2H3;3*3,6H,1-2H3;;;;/q4*-1;;;;;;;;. The summed E-state index contributed by atoms with van der Waals surface area (Å²) < 4.78 is 7.75. The molecule has 0 aliphatic heterocycles. The summed E-state index contributed by atoms with van der Waals surface area (Å²) in [5, 5.41) is 48.1. The molecule has 0 aliphatic carbocycles. The van der Waals surface area contributed by atoms with Crippen molar-refractivity contribution in [2.75, 3.05) is 19.0 Å². The number of aromatic nitrogens is 4. The van der Waals surface area contributed by atoms with Crippen molar-refractivity contribution >= 4 is 137 Å². The minimum atomic E-state index is -0.475. The molecular weight excluding hydrogens is 2180 g/mol. The van der Waals surface area contributed by atoms with Crippen molar-refractivity contribution in [3.05, 3.63) is 319 Å². The Morgan fingerprint density at radius 2 is 0.921 bits per heavy atom. The molecule has 0 bridgehead atoms. The van der Waals surface area contributed by atoms with E-state index in [1.165, 1.54) is 131 Å². The Labute approximate surface area is 724 Å².